The fraction of sp³-hybridized carbons (Fsp3) is 0.600. The summed E-state index contributed by atoms with van der Waals surface area (Å²) < 4.78 is 0. The summed E-state index contributed by atoms with van der Waals surface area (Å²) in [6, 6.07) is 10.9. The van der Waals surface area contributed by atoms with E-state index in [1.165, 1.54) is 0 Å². The molecular weight excluding hydrogens is 310 g/mol. The van der Waals surface area contributed by atoms with Gasteiger partial charge in [-0.05, 0) is 58.7 Å². The number of nitriles is 1. The Labute approximate surface area is 153 Å². The molecule has 5 heteroatoms. The monoisotopic (exact) mass is 343 g/mol. The molecule has 0 unspecified atom stereocenters. The predicted octanol–water partition coefficient (Wildman–Crippen LogP) is 3.12. The van der Waals surface area contributed by atoms with E-state index in [1.807, 2.05) is 24.3 Å². The number of hydrogen-bond donors (Lipinski definition) is 2. The first-order chi connectivity index (χ1) is 12.0. The van der Waals surface area contributed by atoms with Crippen molar-refractivity contribution in [1.82, 2.24) is 15.5 Å². The number of benzene rings is 1. The number of hydrogen-bond acceptors (Lipinski definition) is 3. The Morgan fingerprint density at radius 1 is 1.20 bits per heavy atom. The summed E-state index contributed by atoms with van der Waals surface area (Å²) in [5.74, 6) is 0.825. The van der Waals surface area contributed by atoms with Crippen LogP contribution in [0.5, 0.6) is 0 Å². The molecule has 0 heterocycles. The van der Waals surface area contributed by atoms with Crippen molar-refractivity contribution in [2.45, 2.75) is 59.7 Å². The Balaban J connectivity index is 2.52. The quantitative estimate of drug-likeness (QED) is 0.411. The smallest absolute Gasteiger partial charge is 0.191 e. The van der Waals surface area contributed by atoms with Crippen molar-refractivity contribution in [2.75, 3.05) is 19.6 Å². The van der Waals surface area contributed by atoms with Crippen LogP contribution in [0.2, 0.25) is 0 Å². The van der Waals surface area contributed by atoms with Crippen LogP contribution in [-0.4, -0.2) is 42.6 Å². The van der Waals surface area contributed by atoms with Crippen molar-refractivity contribution in [1.29, 1.82) is 5.26 Å². The molecule has 1 aromatic rings. The van der Waals surface area contributed by atoms with Gasteiger partial charge < -0.3 is 10.6 Å². The molecule has 1 aromatic carbocycles. The molecule has 0 amide bonds. The molecule has 1 rings (SSSR count). The van der Waals surface area contributed by atoms with Crippen LogP contribution in [0.1, 0.15) is 52.2 Å². The largest absolute Gasteiger partial charge is 0.357 e. The summed E-state index contributed by atoms with van der Waals surface area (Å²) in [5, 5.41) is 15.7. The number of rotatable bonds is 9. The van der Waals surface area contributed by atoms with Crippen LogP contribution in [0.3, 0.4) is 0 Å². The van der Waals surface area contributed by atoms with Crippen LogP contribution in [0.25, 0.3) is 0 Å². The molecule has 0 aliphatic carbocycles. The summed E-state index contributed by atoms with van der Waals surface area (Å²) in [7, 11) is 0. The van der Waals surface area contributed by atoms with Gasteiger partial charge in [0.25, 0.3) is 0 Å². The first-order valence-corrected chi connectivity index (χ1v) is 9.24. The number of guanidine groups is 1. The zero-order valence-electron chi connectivity index (χ0n) is 16.3. The van der Waals surface area contributed by atoms with Gasteiger partial charge >= 0.3 is 0 Å². The van der Waals surface area contributed by atoms with Gasteiger partial charge in [0.1, 0.15) is 0 Å². The molecule has 0 bridgehead atoms. The second-order valence-electron chi connectivity index (χ2n) is 6.71. The molecule has 0 aliphatic heterocycles. The molecule has 138 valence electrons. The Hall–Kier alpha value is -2.06. The van der Waals surface area contributed by atoms with E-state index in [1.54, 1.807) is 0 Å². The minimum atomic E-state index is 0.564. The second-order valence-corrected chi connectivity index (χ2v) is 6.71. The lowest BCUT2D eigenvalue weighted by Crippen LogP contribution is -2.41. The highest BCUT2D eigenvalue weighted by Crippen LogP contribution is 2.06. The highest BCUT2D eigenvalue weighted by molar-refractivity contribution is 5.79. The molecule has 0 saturated carbocycles. The molecule has 0 radical (unpaired) electrons. The van der Waals surface area contributed by atoms with Crippen molar-refractivity contribution in [3.63, 3.8) is 0 Å². The number of nitrogens with zero attached hydrogens (tertiary/aromatic N) is 3. The predicted molar refractivity (Wildman–Crippen MR) is 106 cm³/mol. The van der Waals surface area contributed by atoms with Crippen LogP contribution >= 0.6 is 0 Å². The Kier molecular flexibility index (Phi) is 9.64. The van der Waals surface area contributed by atoms with Crippen molar-refractivity contribution in [3.05, 3.63) is 35.4 Å². The van der Waals surface area contributed by atoms with E-state index in [4.69, 9.17) is 5.26 Å². The topological polar surface area (TPSA) is 63.5 Å². The van der Waals surface area contributed by atoms with E-state index in [-0.39, 0.29) is 0 Å². The van der Waals surface area contributed by atoms with E-state index >= 15 is 0 Å². The first kappa shape index (κ1) is 21.0. The SMILES string of the molecule is CCNC(=NCc1cccc(C#N)c1)NCCCN(C(C)C)C(C)C. The summed E-state index contributed by atoms with van der Waals surface area (Å²) >= 11 is 0. The molecule has 0 aliphatic rings. The van der Waals surface area contributed by atoms with Gasteiger partial charge in [-0.3, -0.25) is 4.90 Å². The lowest BCUT2D eigenvalue weighted by Gasteiger charge is -2.30. The van der Waals surface area contributed by atoms with Gasteiger partial charge in [-0.15, -0.1) is 0 Å². The van der Waals surface area contributed by atoms with Crippen LogP contribution in [-0.2, 0) is 6.54 Å². The molecule has 2 N–H and O–H groups in total. The lowest BCUT2D eigenvalue weighted by molar-refractivity contribution is 0.173. The minimum Gasteiger partial charge on any atom is -0.357 e. The summed E-state index contributed by atoms with van der Waals surface area (Å²) in [6.45, 7) is 14.4. The number of aliphatic imine (C=N–C) groups is 1. The number of nitrogens with one attached hydrogen (secondary N) is 2. The third-order valence-corrected chi connectivity index (χ3v) is 4.03. The summed E-state index contributed by atoms with van der Waals surface area (Å²) in [4.78, 5) is 7.12. The molecule has 0 fully saturated rings. The fourth-order valence-electron chi connectivity index (χ4n) is 2.83. The minimum absolute atomic E-state index is 0.564. The second kappa shape index (κ2) is 11.5. The zero-order chi connectivity index (χ0) is 18.7. The van der Waals surface area contributed by atoms with Crippen LogP contribution in [0, 0.1) is 11.3 Å². The van der Waals surface area contributed by atoms with Crippen molar-refractivity contribution >= 4 is 5.96 Å². The van der Waals surface area contributed by atoms with Crippen molar-refractivity contribution < 1.29 is 0 Å². The molecule has 0 saturated heterocycles. The Bertz CT molecular complexity index is 564. The maximum atomic E-state index is 8.98. The zero-order valence-corrected chi connectivity index (χ0v) is 16.3. The molecule has 5 nitrogen and oxygen atoms in total. The third kappa shape index (κ3) is 8.04. The Morgan fingerprint density at radius 2 is 1.92 bits per heavy atom. The van der Waals surface area contributed by atoms with E-state index in [9.17, 15) is 0 Å². The highest BCUT2D eigenvalue weighted by Gasteiger charge is 2.12. The highest BCUT2D eigenvalue weighted by atomic mass is 15.2. The van der Waals surface area contributed by atoms with Crippen molar-refractivity contribution in [2.24, 2.45) is 4.99 Å². The van der Waals surface area contributed by atoms with Gasteiger partial charge in [-0.2, -0.15) is 5.26 Å². The standard InChI is InChI=1S/C20H33N5/c1-6-22-20(23-11-8-12-25(16(2)3)17(4)5)24-15-19-10-7-9-18(13-19)14-21/h7,9-10,13,16-17H,6,8,11-12,15H2,1-5H3,(H2,22,23,24). The summed E-state index contributed by atoms with van der Waals surface area (Å²) in [6.07, 6.45) is 1.07. The van der Waals surface area contributed by atoms with Crippen LogP contribution < -0.4 is 10.6 Å². The van der Waals surface area contributed by atoms with Gasteiger partial charge in [0.15, 0.2) is 5.96 Å². The molecular formula is C20H33N5. The van der Waals surface area contributed by atoms with Gasteiger partial charge in [0.05, 0.1) is 18.2 Å². The fourth-order valence-corrected chi connectivity index (χ4v) is 2.83. The maximum Gasteiger partial charge on any atom is 0.191 e. The van der Waals surface area contributed by atoms with Gasteiger partial charge in [-0.25, -0.2) is 4.99 Å². The molecule has 0 aromatic heterocycles. The van der Waals surface area contributed by atoms with Crippen molar-refractivity contribution in [3.8, 4) is 6.07 Å². The molecule has 0 atom stereocenters. The van der Waals surface area contributed by atoms with E-state index in [2.05, 4.69) is 61.2 Å². The van der Waals surface area contributed by atoms with Gasteiger partial charge in [0.2, 0.25) is 0 Å². The Morgan fingerprint density at radius 3 is 2.52 bits per heavy atom. The normalized spacial score (nSPS) is 11.9. The van der Waals surface area contributed by atoms with Crippen LogP contribution in [0.15, 0.2) is 29.3 Å². The average molecular weight is 344 g/mol. The third-order valence-electron chi connectivity index (χ3n) is 4.03. The van der Waals surface area contributed by atoms with E-state index in [0.29, 0.717) is 24.2 Å². The first-order valence-electron chi connectivity index (χ1n) is 9.24. The summed E-state index contributed by atoms with van der Waals surface area (Å²) in [5.41, 5.74) is 1.72. The van der Waals surface area contributed by atoms with Gasteiger partial charge in [-0.1, -0.05) is 12.1 Å². The van der Waals surface area contributed by atoms with E-state index in [0.717, 1.165) is 37.6 Å². The van der Waals surface area contributed by atoms with E-state index < -0.39 is 0 Å². The average Bonchev–Trinajstić information content (AvgIpc) is 2.58. The van der Waals surface area contributed by atoms with Gasteiger partial charge in [0, 0.05) is 31.7 Å². The molecule has 25 heavy (non-hydrogen) atoms. The van der Waals surface area contributed by atoms with Crippen LogP contribution in [0.4, 0.5) is 0 Å². The molecule has 0 spiro atoms. The maximum absolute atomic E-state index is 8.98. The lowest BCUT2D eigenvalue weighted by atomic mass is 10.1.